The number of hydrogen-bond acceptors (Lipinski definition) is 5. The van der Waals surface area contributed by atoms with E-state index in [4.69, 9.17) is 16.3 Å². The van der Waals surface area contributed by atoms with Crippen molar-refractivity contribution in [2.45, 2.75) is 6.54 Å². The van der Waals surface area contributed by atoms with Crippen LogP contribution in [0.15, 0.2) is 17.6 Å². The van der Waals surface area contributed by atoms with Crippen molar-refractivity contribution >= 4 is 22.9 Å². The van der Waals surface area contributed by atoms with Crippen LogP contribution in [0.1, 0.15) is 16.3 Å². The third kappa shape index (κ3) is 4.02. The Hall–Kier alpha value is -1.52. The Balaban J connectivity index is 1.68. The minimum atomic E-state index is -0.476. The molecule has 0 bridgehead atoms. The van der Waals surface area contributed by atoms with Gasteiger partial charge in [0.05, 0.1) is 25.3 Å². The first-order valence-electron chi connectivity index (χ1n) is 6.78. The molecular weight excluding hydrogens is 325 g/mol. The van der Waals surface area contributed by atoms with Crippen molar-refractivity contribution in [2.24, 2.45) is 0 Å². The minimum absolute atomic E-state index is 0.115. The summed E-state index contributed by atoms with van der Waals surface area (Å²) in [6, 6.07) is 1.15. The van der Waals surface area contributed by atoms with Gasteiger partial charge in [0.1, 0.15) is 21.7 Å². The second-order valence-corrected chi connectivity index (χ2v) is 6.08. The molecule has 0 aliphatic carbocycles. The summed E-state index contributed by atoms with van der Waals surface area (Å²) in [4.78, 5) is 10.6. The van der Waals surface area contributed by atoms with Crippen LogP contribution in [0.5, 0.6) is 0 Å². The third-order valence-electron chi connectivity index (χ3n) is 3.16. The van der Waals surface area contributed by atoms with Gasteiger partial charge in [-0.1, -0.05) is 17.5 Å². The molecule has 0 N–H and O–H groups in total. The molecule has 0 radical (unpaired) electrons. The van der Waals surface area contributed by atoms with Gasteiger partial charge in [0.25, 0.3) is 0 Å². The van der Waals surface area contributed by atoms with Crippen LogP contribution in [0, 0.1) is 17.7 Å². The molecule has 4 nitrogen and oxygen atoms in total. The zero-order valence-corrected chi connectivity index (χ0v) is 13.3. The lowest BCUT2D eigenvalue weighted by Crippen LogP contribution is -2.35. The first kappa shape index (κ1) is 15.4. The van der Waals surface area contributed by atoms with Crippen LogP contribution < -0.4 is 0 Å². The van der Waals surface area contributed by atoms with Crippen LogP contribution in [-0.2, 0) is 11.3 Å². The maximum absolute atomic E-state index is 13.6. The molecule has 2 aromatic heterocycles. The lowest BCUT2D eigenvalue weighted by atomic mass is 10.2. The third-order valence-corrected chi connectivity index (χ3v) is 4.20. The smallest absolute Gasteiger partial charge is 0.143 e. The summed E-state index contributed by atoms with van der Waals surface area (Å²) in [6.45, 7) is 4.17. The fourth-order valence-corrected chi connectivity index (χ4v) is 2.93. The number of nitrogens with zero attached hydrogens (tertiary/aromatic N) is 3. The zero-order valence-electron chi connectivity index (χ0n) is 11.7. The van der Waals surface area contributed by atoms with E-state index in [0.29, 0.717) is 5.69 Å². The van der Waals surface area contributed by atoms with E-state index in [0.717, 1.165) is 43.9 Å². The van der Waals surface area contributed by atoms with Crippen molar-refractivity contribution in [3.63, 3.8) is 0 Å². The molecule has 1 fully saturated rings. The number of rotatable bonds is 2. The van der Waals surface area contributed by atoms with Gasteiger partial charge in [0, 0.05) is 30.7 Å². The van der Waals surface area contributed by atoms with Gasteiger partial charge in [-0.3, -0.25) is 4.90 Å². The topological polar surface area (TPSA) is 38.2 Å². The highest BCUT2D eigenvalue weighted by atomic mass is 35.5. The van der Waals surface area contributed by atoms with E-state index in [2.05, 4.69) is 26.7 Å². The largest absolute Gasteiger partial charge is 0.379 e. The van der Waals surface area contributed by atoms with Crippen molar-refractivity contribution in [1.29, 1.82) is 0 Å². The van der Waals surface area contributed by atoms with Crippen molar-refractivity contribution < 1.29 is 9.13 Å². The van der Waals surface area contributed by atoms with Crippen LogP contribution in [0.3, 0.4) is 0 Å². The molecule has 1 saturated heterocycles. The molecule has 0 atom stereocenters. The average molecular weight is 338 g/mol. The van der Waals surface area contributed by atoms with Gasteiger partial charge in [0.2, 0.25) is 0 Å². The van der Waals surface area contributed by atoms with Crippen molar-refractivity contribution in [1.82, 2.24) is 14.9 Å². The number of aromatic nitrogens is 2. The molecule has 1 aliphatic rings. The van der Waals surface area contributed by atoms with Gasteiger partial charge in [-0.2, -0.15) is 0 Å². The standard InChI is InChI=1S/C15H13ClFN3OS/c16-14-7-13(17)11(8-18-14)1-2-12-10-22-15(19-12)9-20-3-5-21-6-4-20/h7-8,10H,3-6,9H2. The molecule has 114 valence electrons. The number of morpholine rings is 1. The molecular formula is C15H13ClFN3OS. The van der Waals surface area contributed by atoms with E-state index >= 15 is 0 Å². The van der Waals surface area contributed by atoms with E-state index in [1.807, 2.05) is 5.38 Å². The van der Waals surface area contributed by atoms with Gasteiger partial charge in [0.15, 0.2) is 0 Å². The molecule has 0 aromatic carbocycles. The van der Waals surface area contributed by atoms with Gasteiger partial charge in [-0.15, -0.1) is 11.3 Å². The molecule has 0 spiro atoms. The quantitative estimate of drug-likeness (QED) is 0.623. The summed E-state index contributed by atoms with van der Waals surface area (Å²) < 4.78 is 18.9. The first-order valence-corrected chi connectivity index (χ1v) is 8.04. The summed E-state index contributed by atoms with van der Waals surface area (Å²) >= 11 is 7.16. The Morgan fingerprint density at radius 2 is 2.18 bits per heavy atom. The van der Waals surface area contributed by atoms with E-state index in [1.54, 1.807) is 11.3 Å². The predicted molar refractivity (Wildman–Crippen MR) is 83.4 cm³/mol. The van der Waals surface area contributed by atoms with Crippen molar-refractivity contribution in [2.75, 3.05) is 26.3 Å². The highest BCUT2D eigenvalue weighted by molar-refractivity contribution is 7.09. The number of halogens is 2. The molecule has 3 rings (SSSR count). The summed E-state index contributed by atoms with van der Waals surface area (Å²) in [5, 5.41) is 3.00. The Morgan fingerprint density at radius 3 is 2.95 bits per heavy atom. The van der Waals surface area contributed by atoms with Crippen LogP contribution in [0.25, 0.3) is 0 Å². The van der Waals surface area contributed by atoms with E-state index in [9.17, 15) is 4.39 Å². The monoisotopic (exact) mass is 337 g/mol. The molecule has 3 heterocycles. The summed E-state index contributed by atoms with van der Waals surface area (Å²) in [7, 11) is 0. The molecule has 0 amide bonds. The van der Waals surface area contributed by atoms with Gasteiger partial charge in [-0.25, -0.2) is 14.4 Å². The second kappa shape index (κ2) is 7.16. The van der Waals surface area contributed by atoms with Crippen LogP contribution >= 0.6 is 22.9 Å². The fourth-order valence-electron chi connectivity index (χ4n) is 2.02. The SMILES string of the molecule is Fc1cc(Cl)ncc1C#Cc1csc(CN2CCOCC2)n1. The van der Waals surface area contributed by atoms with Gasteiger partial charge >= 0.3 is 0 Å². The molecule has 22 heavy (non-hydrogen) atoms. The first-order chi connectivity index (χ1) is 10.7. The highest BCUT2D eigenvalue weighted by Crippen LogP contribution is 2.14. The maximum Gasteiger partial charge on any atom is 0.143 e. The van der Waals surface area contributed by atoms with Gasteiger partial charge < -0.3 is 4.74 Å². The average Bonchev–Trinajstić information content (AvgIpc) is 2.95. The van der Waals surface area contributed by atoms with Gasteiger partial charge in [-0.05, 0) is 5.92 Å². The Kier molecular flexibility index (Phi) is 5.01. The Bertz CT molecular complexity index is 719. The van der Waals surface area contributed by atoms with Crippen molar-refractivity contribution in [3.8, 4) is 11.8 Å². The molecule has 0 saturated carbocycles. The molecule has 0 unspecified atom stereocenters. The zero-order chi connectivity index (χ0) is 15.4. The fraction of sp³-hybridized carbons (Fsp3) is 0.333. The van der Waals surface area contributed by atoms with E-state index in [-0.39, 0.29) is 10.7 Å². The lowest BCUT2D eigenvalue weighted by molar-refractivity contribution is 0.0341. The lowest BCUT2D eigenvalue weighted by Gasteiger charge is -2.25. The highest BCUT2D eigenvalue weighted by Gasteiger charge is 2.12. The van der Waals surface area contributed by atoms with Crippen LogP contribution in [0.2, 0.25) is 5.15 Å². The normalized spacial score (nSPS) is 15.4. The second-order valence-electron chi connectivity index (χ2n) is 4.75. The molecule has 7 heteroatoms. The summed E-state index contributed by atoms with van der Waals surface area (Å²) in [5.41, 5.74) is 0.856. The number of thiazole rings is 1. The van der Waals surface area contributed by atoms with Crippen LogP contribution in [0.4, 0.5) is 4.39 Å². The van der Waals surface area contributed by atoms with Crippen LogP contribution in [-0.4, -0.2) is 41.2 Å². The number of hydrogen-bond donors (Lipinski definition) is 0. The molecule has 1 aliphatic heterocycles. The Labute approximate surface area is 136 Å². The summed E-state index contributed by atoms with van der Waals surface area (Å²) in [5.74, 6) is 5.12. The van der Waals surface area contributed by atoms with Crippen molar-refractivity contribution in [3.05, 3.63) is 44.9 Å². The maximum atomic E-state index is 13.6. The summed E-state index contributed by atoms with van der Waals surface area (Å²) in [6.07, 6.45) is 1.33. The van der Waals surface area contributed by atoms with E-state index < -0.39 is 5.82 Å². The Morgan fingerprint density at radius 1 is 1.36 bits per heavy atom. The number of ether oxygens (including phenoxy) is 1. The minimum Gasteiger partial charge on any atom is -0.379 e. The number of pyridine rings is 1. The molecule has 2 aromatic rings. The predicted octanol–water partition coefficient (Wildman–Crippen LogP) is 2.56. The van der Waals surface area contributed by atoms with E-state index in [1.165, 1.54) is 6.20 Å².